The van der Waals surface area contributed by atoms with Crippen LogP contribution in [-0.2, 0) is 4.79 Å². The van der Waals surface area contributed by atoms with Gasteiger partial charge in [0.25, 0.3) is 0 Å². The fourth-order valence-electron chi connectivity index (χ4n) is 1.08. The van der Waals surface area contributed by atoms with Crippen molar-refractivity contribution < 1.29 is 4.79 Å². The van der Waals surface area contributed by atoms with Crippen LogP contribution in [0.15, 0.2) is 18.2 Å². The van der Waals surface area contributed by atoms with Crippen LogP contribution in [0.25, 0.3) is 0 Å². The number of hydrogen-bond acceptors (Lipinski definition) is 2. The van der Waals surface area contributed by atoms with Gasteiger partial charge in [-0.15, -0.1) is 0 Å². The van der Waals surface area contributed by atoms with Crippen LogP contribution < -0.4 is 11.1 Å². The Balaban J connectivity index is 2.65. The van der Waals surface area contributed by atoms with Gasteiger partial charge in [0, 0.05) is 18.2 Å². The quantitative estimate of drug-likeness (QED) is 0.862. The van der Waals surface area contributed by atoms with Crippen LogP contribution in [-0.4, -0.2) is 11.9 Å². The predicted molar refractivity (Wildman–Crippen MR) is 63.4 cm³/mol. The van der Waals surface area contributed by atoms with Gasteiger partial charge in [-0.3, -0.25) is 4.79 Å². The van der Waals surface area contributed by atoms with Gasteiger partial charge in [0.1, 0.15) is 0 Å². The fourth-order valence-corrected chi connectivity index (χ4v) is 1.38. The van der Waals surface area contributed by atoms with Crippen molar-refractivity contribution >= 4 is 34.8 Å². The molecule has 5 heteroatoms. The highest BCUT2D eigenvalue weighted by molar-refractivity contribution is 6.42. The minimum Gasteiger partial charge on any atom is -0.327 e. The molecule has 0 bridgehead atoms. The highest BCUT2D eigenvalue weighted by Crippen LogP contribution is 2.24. The van der Waals surface area contributed by atoms with E-state index in [0.717, 1.165) is 0 Å². The minimum absolute atomic E-state index is 0.136. The summed E-state index contributed by atoms with van der Waals surface area (Å²) in [7, 11) is 0. The first-order chi connectivity index (χ1) is 6.99. The molecule has 0 aliphatic heterocycles. The number of halogens is 2. The molecular weight excluding hydrogens is 235 g/mol. The molecule has 1 amide bonds. The van der Waals surface area contributed by atoms with Crippen molar-refractivity contribution in [2.75, 3.05) is 5.32 Å². The zero-order valence-corrected chi connectivity index (χ0v) is 9.77. The normalized spacial score (nSPS) is 12.3. The summed E-state index contributed by atoms with van der Waals surface area (Å²) in [5.74, 6) is -0.136. The largest absolute Gasteiger partial charge is 0.327 e. The molecule has 1 rings (SSSR count). The minimum atomic E-state index is -0.159. The van der Waals surface area contributed by atoms with Gasteiger partial charge in [0.15, 0.2) is 0 Å². The number of nitrogens with one attached hydrogen (secondary N) is 1. The average molecular weight is 247 g/mol. The maximum Gasteiger partial charge on any atom is 0.225 e. The molecule has 0 saturated carbocycles. The van der Waals surface area contributed by atoms with Crippen LogP contribution >= 0.6 is 23.2 Å². The number of benzene rings is 1. The highest BCUT2D eigenvalue weighted by Gasteiger charge is 2.06. The lowest BCUT2D eigenvalue weighted by Crippen LogP contribution is -2.23. The lowest BCUT2D eigenvalue weighted by atomic mass is 10.2. The molecular formula is C10H12Cl2N2O. The van der Waals surface area contributed by atoms with Crippen molar-refractivity contribution in [2.45, 2.75) is 19.4 Å². The number of anilines is 1. The van der Waals surface area contributed by atoms with Gasteiger partial charge in [0.05, 0.1) is 10.0 Å². The maximum absolute atomic E-state index is 11.4. The molecule has 1 aromatic rings. The van der Waals surface area contributed by atoms with E-state index in [1.807, 2.05) is 0 Å². The summed E-state index contributed by atoms with van der Waals surface area (Å²) in [5, 5.41) is 3.55. The van der Waals surface area contributed by atoms with Crippen molar-refractivity contribution in [3.63, 3.8) is 0 Å². The molecule has 15 heavy (non-hydrogen) atoms. The predicted octanol–water partition coefficient (Wildman–Crippen LogP) is 2.67. The van der Waals surface area contributed by atoms with Crippen molar-refractivity contribution in [1.29, 1.82) is 0 Å². The first-order valence-electron chi connectivity index (χ1n) is 4.49. The SMILES string of the molecule is CC(N)CC(=O)Nc1ccc(Cl)c(Cl)c1. The summed E-state index contributed by atoms with van der Waals surface area (Å²) >= 11 is 11.5. The number of carbonyl (C=O) groups excluding carboxylic acids is 1. The Labute approximate surface area is 98.5 Å². The molecule has 0 saturated heterocycles. The van der Waals surface area contributed by atoms with Crippen molar-refractivity contribution in [1.82, 2.24) is 0 Å². The molecule has 1 unspecified atom stereocenters. The lowest BCUT2D eigenvalue weighted by Gasteiger charge is -2.07. The van der Waals surface area contributed by atoms with E-state index in [9.17, 15) is 4.79 Å². The standard InChI is InChI=1S/C10H12Cl2N2O/c1-6(13)4-10(15)14-7-2-3-8(11)9(12)5-7/h2-3,5-6H,4,13H2,1H3,(H,14,15). The highest BCUT2D eigenvalue weighted by atomic mass is 35.5. The summed E-state index contributed by atoms with van der Waals surface area (Å²) in [6, 6.07) is 4.76. The Morgan fingerprint density at radius 1 is 1.47 bits per heavy atom. The van der Waals surface area contributed by atoms with Crippen molar-refractivity contribution in [3.8, 4) is 0 Å². The van der Waals surface area contributed by atoms with Gasteiger partial charge >= 0.3 is 0 Å². The zero-order valence-electron chi connectivity index (χ0n) is 8.26. The van der Waals surface area contributed by atoms with E-state index in [1.165, 1.54) is 0 Å². The van der Waals surface area contributed by atoms with Gasteiger partial charge in [-0.05, 0) is 25.1 Å². The maximum atomic E-state index is 11.4. The van der Waals surface area contributed by atoms with Crippen molar-refractivity contribution in [2.24, 2.45) is 5.73 Å². The number of amides is 1. The summed E-state index contributed by atoms with van der Waals surface area (Å²) in [6.07, 6.45) is 0.278. The van der Waals surface area contributed by atoms with Crippen LogP contribution in [0.5, 0.6) is 0 Å². The topological polar surface area (TPSA) is 55.1 Å². The van der Waals surface area contributed by atoms with Gasteiger partial charge < -0.3 is 11.1 Å². The Hall–Kier alpha value is -0.770. The number of hydrogen-bond donors (Lipinski definition) is 2. The first-order valence-corrected chi connectivity index (χ1v) is 5.25. The van der Waals surface area contributed by atoms with Gasteiger partial charge in [0.2, 0.25) is 5.91 Å². The zero-order chi connectivity index (χ0) is 11.4. The van der Waals surface area contributed by atoms with E-state index in [4.69, 9.17) is 28.9 Å². The number of carbonyl (C=O) groups is 1. The molecule has 0 heterocycles. The Bertz CT molecular complexity index is 366. The molecule has 1 aromatic carbocycles. The van der Waals surface area contributed by atoms with Gasteiger partial charge in [-0.1, -0.05) is 23.2 Å². The molecule has 1 atom stereocenters. The van der Waals surface area contributed by atoms with Crippen LogP contribution in [0.3, 0.4) is 0 Å². The summed E-state index contributed by atoms with van der Waals surface area (Å²) in [4.78, 5) is 11.4. The van der Waals surface area contributed by atoms with E-state index >= 15 is 0 Å². The summed E-state index contributed by atoms with van der Waals surface area (Å²) < 4.78 is 0. The first kappa shape index (κ1) is 12.3. The Morgan fingerprint density at radius 2 is 2.13 bits per heavy atom. The third-order valence-electron chi connectivity index (χ3n) is 1.71. The van der Waals surface area contributed by atoms with E-state index in [-0.39, 0.29) is 18.4 Å². The monoisotopic (exact) mass is 246 g/mol. The molecule has 0 aliphatic carbocycles. The molecule has 0 fully saturated rings. The lowest BCUT2D eigenvalue weighted by molar-refractivity contribution is -0.116. The van der Waals surface area contributed by atoms with Crippen molar-refractivity contribution in [3.05, 3.63) is 28.2 Å². The van der Waals surface area contributed by atoms with E-state index < -0.39 is 0 Å². The molecule has 82 valence electrons. The molecule has 0 aliphatic rings. The van der Waals surface area contributed by atoms with E-state index in [0.29, 0.717) is 15.7 Å². The number of nitrogens with two attached hydrogens (primary N) is 1. The Kier molecular flexibility index (Phi) is 4.39. The van der Waals surface area contributed by atoms with E-state index in [1.54, 1.807) is 25.1 Å². The average Bonchev–Trinajstić information content (AvgIpc) is 2.10. The third-order valence-corrected chi connectivity index (χ3v) is 2.45. The van der Waals surface area contributed by atoms with Gasteiger partial charge in [-0.25, -0.2) is 0 Å². The fraction of sp³-hybridized carbons (Fsp3) is 0.300. The second kappa shape index (κ2) is 5.35. The van der Waals surface area contributed by atoms with Crippen LogP contribution in [0.4, 0.5) is 5.69 Å². The molecule has 0 aromatic heterocycles. The summed E-state index contributed by atoms with van der Waals surface area (Å²) in [5.41, 5.74) is 6.11. The second-order valence-corrected chi connectivity index (χ2v) is 4.17. The smallest absolute Gasteiger partial charge is 0.225 e. The molecule has 3 nitrogen and oxygen atoms in total. The molecule has 0 spiro atoms. The summed E-state index contributed by atoms with van der Waals surface area (Å²) in [6.45, 7) is 1.77. The van der Waals surface area contributed by atoms with Gasteiger partial charge in [-0.2, -0.15) is 0 Å². The molecule has 3 N–H and O–H groups in total. The van der Waals surface area contributed by atoms with Crippen LogP contribution in [0.1, 0.15) is 13.3 Å². The Morgan fingerprint density at radius 3 is 2.67 bits per heavy atom. The third kappa shape index (κ3) is 4.08. The number of rotatable bonds is 3. The van der Waals surface area contributed by atoms with Crippen LogP contribution in [0, 0.1) is 0 Å². The molecule has 0 radical (unpaired) electrons. The van der Waals surface area contributed by atoms with E-state index in [2.05, 4.69) is 5.32 Å². The van der Waals surface area contributed by atoms with Crippen LogP contribution in [0.2, 0.25) is 10.0 Å². The second-order valence-electron chi connectivity index (χ2n) is 3.36.